The Morgan fingerprint density at radius 3 is 2.50 bits per heavy atom. The van der Waals surface area contributed by atoms with Crippen molar-refractivity contribution in [3.8, 4) is 0 Å². The molecule has 0 atom stereocenters. The van der Waals surface area contributed by atoms with Crippen LogP contribution in [0.25, 0.3) is 6.08 Å². The molecule has 0 fully saturated rings. The van der Waals surface area contributed by atoms with Crippen molar-refractivity contribution in [1.29, 1.82) is 0 Å². The highest BCUT2D eigenvalue weighted by Gasteiger charge is 2.33. The predicted molar refractivity (Wildman–Crippen MR) is 57.1 cm³/mol. The molecule has 1 aromatic carbocycles. The second-order valence-corrected chi connectivity index (χ2v) is 3.46. The fraction of sp³-hybridized carbons (Fsp3) is 0.182. The molecule has 0 aliphatic heterocycles. The van der Waals surface area contributed by atoms with Gasteiger partial charge in [0.2, 0.25) is 0 Å². The first kappa shape index (κ1) is 14.0. The van der Waals surface area contributed by atoms with Crippen molar-refractivity contribution in [2.24, 2.45) is 0 Å². The van der Waals surface area contributed by atoms with Crippen LogP contribution < -0.4 is 5.73 Å². The zero-order valence-corrected chi connectivity index (χ0v) is 8.96. The summed E-state index contributed by atoms with van der Waals surface area (Å²) in [6.45, 7) is 0. The van der Waals surface area contributed by atoms with Gasteiger partial charge in [-0.2, -0.15) is 13.2 Å². The second-order valence-electron chi connectivity index (χ2n) is 3.46. The number of carboxylic acids is 1. The van der Waals surface area contributed by atoms with Gasteiger partial charge in [-0.1, -0.05) is 12.2 Å². The summed E-state index contributed by atoms with van der Waals surface area (Å²) in [5.74, 6) is -2.19. The van der Waals surface area contributed by atoms with Gasteiger partial charge in [0, 0.05) is 0 Å². The molecule has 0 unspecified atom stereocenters. The molecule has 1 aromatic rings. The number of nitrogens with two attached hydrogens (primary N) is 1. The highest BCUT2D eigenvalue weighted by Crippen LogP contribution is 2.34. The van der Waals surface area contributed by atoms with Crippen molar-refractivity contribution >= 4 is 17.7 Å². The molecule has 0 bridgehead atoms. The van der Waals surface area contributed by atoms with Crippen molar-refractivity contribution in [3.05, 3.63) is 35.2 Å². The van der Waals surface area contributed by atoms with E-state index in [0.29, 0.717) is 12.1 Å². The van der Waals surface area contributed by atoms with E-state index in [1.165, 1.54) is 0 Å². The third kappa shape index (κ3) is 3.47. The lowest BCUT2D eigenvalue weighted by atomic mass is 10.0. The Labute approximate surface area is 99.5 Å². The third-order valence-electron chi connectivity index (χ3n) is 2.06. The number of hydrogen-bond donors (Lipinski definition) is 2. The molecular formula is C11H9F4NO2. The summed E-state index contributed by atoms with van der Waals surface area (Å²) >= 11 is 0. The maximum absolute atomic E-state index is 13.1. The number of halogens is 4. The minimum Gasteiger partial charge on any atom is -0.481 e. The molecule has 98 valence electrons. The highest BCUT2D eigenvalue weighted by atomic mass is 19.4. The minimum absolute atomic E-state index is 0.455. The molecule has 0 radical (unpaired) electrons. The van der Waals surface area contributed by atoms with Gasteiger partial charge in [0.15, 0.2) is 0 Å². The van der Waals surface area contributed by atoms with E-state index in [1.54, 1.807) is 0 Å². The highest BCUT2D eigenvalue weighted by molar-refractivity contribution is 5.71. The standard InChI is InChI=1S/C11H9F4NO2/c12-8-4-6(2-1-3-10(17)18)7(5-9(8)16)11(13,14)15/h1-2,4-5H,3,16H2,(H,17,18). The van der Waals surface area contributed by atoms with Crippen molar-refractivity contribution in [3.63, 3.8) is 0 Å². The van der Waals surface area contributed by atoms with Gasteiger partial charge in [-0.25, -0.2) is 4.39 Å². The van der Waals surface area contributed by atoms with Crippen LogP contribution in [0.3, 0.4) is 0 Å². The first-order chi connectivity index (χ1) is 8.21. The quantitative estimate of drug-likeness (QED) is 0.651. The maximum atomic E-state index is 13.1. The lowest BCUT2D eigenvalue weighted by Crippen LogP contribution is -2.09. The fourth-order valence-electron chi connectivity index (χ4n) is 1.28. The molecule has 7 heteroatoms. The van der Waals surface area contributed by atoms with Crippen LogP contribution in [-0.4, -0.2) is 11.1 Å². The molecule has 1 rings (SSSR count). The molecule has 0 aliphatic rings. The Morgan fingerprint density at radius 1 is 1.39 bits per heavy atom. The van der Waals surface area contributed by atoms with E-state index in [-0.39, 0.29) is 0 Å². The average molecular weight is 263 g/mol. The molecule has 0 heterocycles. The Hall–Kier alpha value is -2.05. The molecule has 0 spiro atoms. The largest absolute Gasteiger partial charge is 0.481 e. The summed E-state index contributed by atoms with van der Waals surface area (Å²) in [6, 6.07) is 1.10. The first-order valence-electron chi connectivity index (χ1n) is 4.76. The number of aliphatic carboxylic acids is 1. The van der Waals surface area contributed by atoms with Gasteiger partial charge in [0.25, 0.3) is 0 Å². The van der Waals surface area contributed by atoms with Crippen molar-refractivity contribution in [2.45, 2.75) is 12.6 Å². The van der Waals surface area contributed by atoms with E-state index >= 15 is 0 Å². The Morgan fingerprint density at radius 2 is 2.00 bits per heavy atom. The van der Waals surface area contributed by atoms with E-state index in [1.807, 2.05) is 0 Å². The van der Waals surface area contributed by atoms with E-state index in [9.17, 15) is 22.4 Å². The minimum atomic E-state index is -4.69. The average Bonchev–Trinajstić information content (AvgIpc) is 2.20. The molecule has 0 amide bonds. The molecule has 3 N–H and O–H groups in total. The SMILES string of the molecule is Nc1cc(C(F)(F)F)c(C=CCC(=O)O)cc1F. The third-order valence-corrected chi connectivity index (χ3v) is 2.06. The van der Waals surface area contributed by atoms with Gasteiger partial charge in [-0.05, 0) is 17.7 Å². The van der Waals surface area contributed by atoms with Crippen LogP contribution in [-0.2, 0) is 11.0 Å². The van der Waals surface area contributed by atoms with E-state index in [2.05, 4.69) is 0 Å². The van der Waals surface area contributed by atoms with Crippen LogP contribution in [0.5, 0.6) is 0 Å². The van der Waals surface area contributed by atoms with Crippen molar-refractivity contribution in [2.75, 3.05) is 5.73 Å². The summed E-state index contributed by atoms with van der Waals surface area (Å²) in [7, 11) is 0. The summed E-state index contributed by atoms with van der Waals surface area (Å²) in [6.07, 6.45) is -3.24. The van der Waals surface area contributed by atoms with E-state index in [0.717, 1.165) is 12.2 Å². The Kier molecular flexibility index (Phi) is 3.95. The summed E-state index contributed by atoms with van der Waals surface area (Å²) < 4.78 is 50.9. The number of carboxylic acid groups (broad SMARTS) is 1. The van der Waals surface area contributed by atoms with Crippen molar-refractivity contribution in [1.82, 2.24) is 0 Å². The number of hydrogen-bond acceptors (Lipinski definition) is 2. The van der Waals surface area contributed by atoms with Crippen LogP contribution in [0.4, 0.5) is 23.2 Å². The van der Waals surface area contributed by atoms with Gasteiger partial charge in [-0.15, -0.1) is 0 Å². The molecule has 0 saturated heterocycles. The van der Waals surface area contributed by atoms with Crippen LogP contribution in [0.15, 0.2) is 18.2 Å². The second kappa shape index (κ2) is 5.07. The van der Waals surface area contributed by atoms with E-state index < -0.39 is 41.2 Å². The topological polar surface area (TPSA) is 63.3 Å². The number of benzene rings is 1. The Bertz CT molecular complexity index is 495. The normalized spacial score (nSPS) is 12.0. The van der Waals surface area contributed by atoms with Crippen LogP contribution in [0.2, 0.25) is 0 Å². The number of alkyl halides is 3. The lowest BCUT2D eigenvalue weighted by molar-refractivity contribution is -0.138. The number of carbonyl (C=O) groups is 1. The molecule has 0 saturated carbocycles. The Balaban J connectivity index is 3.20. The summed E-state index contributed by atoms with van der Waals surface area (Å²) in [5.41, 5.74) is 2.89. The molecule has 0 aliphatic carbocycles. The monoisotopic (exact) mass is 263 g/mol. The van der Waals surface area contributed by atoms with Gasteiger partial charge >= 0.3 is 12.1 Å². The predicted octanol–water partition coefficient (Wildman–Crippen LogP) is 2.91. The fourth-order valence-corrected chi connectivity index (χ4v) is 1.28. The smallest absolute Gasteiger partial charge is 0.417 e. The molecular weight excluding hydrogens is 254 g/mol. The van der Waals surface area contributed by atoms with Crippen LogP contribution >= 0.6 is 0 Å². The zero-order valence-electron chi connectivity index (χ0n) is 8.96. The van der Waals surface area contributed by atoms with Gasteiger partial charge in [0.1, 0.15) is 5.82 Å². The lowest BCUT2D eigenvalue weighted by Gasteiger charge is -2.11. The molecule has 3 nitrogen and oxygen atoms in total. The van der Waals surface area contributed by atoms with Gasteiger partial charge in [-0.3, -0.25) is 4.79 Å². The maximum Gasteiger partial charge on any atom is 0.417 e. The summed E-state index contributed by atoms with van der Waals surface area (Å²) in [4.78, 5) is 10.2. The first-order valence-corrected chi connectivity index (χ1v) is 4.76. The summed E-state index contributed by atoms with van der Waals surface area (Å²) in [5, 5.41) is 8.35. The van der Waals surface area contributed by atoms with Crippen LogP contribution in [0.1, 0.15) is 17.5 Å². The molecule has 0 aromatic heterocycles. The van der Waals surface area contributed by atoms with Crippen molar-refractivity contribution < 1.29 is 27.5 Å². The number of anilines is 1. The van der Waals surface area contributed by atoms with Gasteiger partial charge in [0.05, 0.1) is 17.7 Å². The van der Waals surface area contributed by atoms with Gasteiger partial charge < -0.3 is 10.8 Å². The van der Waals surface area contributed by atoms with Crippen LogP contribution in [0, 0.1) is 5.82 Å². The number of nitrogen functional groups attached to an aromatic ring is 1. The molecule has 18 heavy (non-hydrogen) atoms. The van der Waals surface area contributed by atoms with E-state index in [4.69, 9.17) is 10.8 Å². The number of rotatable bonds is 3. The zero-order chi connectivity index (χ0) is 13.9.